The van der Waals surface area contributed by atoms with Crippen molar-refractivity contribution in [2.75, 3.05) is 13.2 Å². The lowest BCUT2D eigenvalue weighted by atomic mass is 10.1. The molecule has 7 nitrogen and oxygen atoms in total. The Hall–Kier alpha value is -4.00. The van der Waals surface area contributed by atoms with Crippen LogP contribution in [0.15, 0.2) is 83.7 Å². The third-order valence-corrected chi connectivity index (χ3v) is 4.96. The van der Waals surface area contributed by atoms with Gasteiger partial charge in [-0.3, -0.25) is 0 Å². The first kappa shape index (κ1) is 19.0. The summed E-state index contributed by atoms with van der Waals surface area (Å²) in [6.45, 7) is 0.964. The van der Waals surface area contributed by atoms with Gasteiger partial charge in [-0.1, -0.05) is 0 Å². The second-order valence-electron chi connectivity index (χ2n) is 7.06. The number of benzene rings is 2. The van der Waals surface area contributed by atoms with Gasteiger partial charge in [-0.25, -0.2) is 9.59 Å². The minimum atomic E-state index is -0.422. The summed E-state index contributed by atoms with van der Waals surface area (Å²) in [6, 6.07) is 15.1. The van der Waals surface area contributed by atoms with Crippen molar-refractivity contribution in [1.29, 1.82) is 0 Å². The molecule has 5 rings (SSSR count). The van der Waals surface area contributed by atoms with E-state index >= 15 is 0 Å². The third-order valence-electron chi connectivity index (χ3n) is 4.96. The average molecular weight is 418 g/mol. The molecule has 0 aliphatic carbocycles. The van der Waals surface area contributed by atoms with Gasteiger partial charge in [0.25, 0.3) is 0 Å². The van der Waals surface area contributed by atoms with Crippen LogP contribution in [0.2, 0.25) is 0 Å². The van der Waals surface area contributed by atoms with E-state index in [1.807, 2.05) is 18.2 Å². The molecule has 7 heteroatoms. The molecule has 156 valence electrons. The molecular weight excluding hydrogens is 400 g/mol. The smallest absolute Gasteiger partial charge is 0.336 e. The highest BCUT2D eigenvalue weighted by atomic mass is 16.5. The highest BCUT2D eigenvalue weighted by molar-refractivity contribution is 6.01. The number of hydrogen-bond acceptors (Lipinski definition) is 7. The Bertz CT molecular complexity index is 1490. The summed E-state index contributed by atoms with van der Waals surface area (Å²) in [4.78, 5) is 22.9. The van der Waals surface area contributed by atoms with E-state index in [9.17, 15) is 9.59 Å². The van der Waals surface area contributed by atoms with Crippen LogP contribution in [0.3, 0.4) is 0 Å². The number of fused-ring (bicyclic) bond motifs is 3. The molecule has 3 aromatic heterocycles. The predicted molar refractivity (Wildman–Crippen MR) is 115 cm³/mol. The molecular formula is C24H18O7. The summed E-state index contributed by atoms with van der Waals surface area (Å²) in [5.41, 5.74) is 0.718. The number of furan rings is 1. The van der Waals surface area contributed by atoms with E-state index in [1.54, 1.807) is 30.5 Å². The minimum Gasteiger partial charge on any atom is -0.493 e. The molecule has 0 bridgehead atoms. The first-order chi connectivity index (χ1) is 15.2. The van der Waals surface area contributed by atoms with E-state index in [0.29, 0.717) is 41.5 Å². The van der Waals surface area contributed by atoms with E-state index < -0.39 is 5.63 Å². The Morgan fingerprint density at radius 1 is 0.677 bits per heavy atom. The van der Waals surface area contributed by atoms with E-state index in [-0.39, 0.29) is 5.63 Å². The van der Waals surface area contributed by atoms with Crippen LogP contribution < -0.4 is 20.7 Å². The van der Waals surface area contributed by atoms with Crippen molar-refractivity contribution in [2.45, 2.75) is 12.8 Å². The standard InChI is InChI=1S/C24H18O7/c25-22-7-4-15-3-5-16(13-19(15)30-22)27-10-1-2-11-29-24-17-6-8-23(26)31-21(17)14-20-18(24)9-12-28-20/h3-9,12-14H,1-2,10-11H2. The minimum absolute atomic E-state index is 0.388. The number of rotatable bonds is 7. The lowest BCUT2D eigenvalue weighted by Gasteiger charge is -2.10. The second-order valence-corrected chi connectivity index (χ2v) is 7.06. The van der Waals surface area contributed by atoms with Crippen molar-refractivity contribution < 1.29 is 22.7 Å². The predicted octanol–water partition coefficient (Wildman–Crippen LogP) is 4.88. The van der Waals surface area contributed by atoms with Crippen LogP contribution in [-0.2, 0) is 0 Å². The molecule has 0 radical (unpaired) electrons. The molecule has 0 spiro atoms. The van der Waals surface area contributed by atoms with Crippen LogP contribution in [0.1, 0.15) is 12.8 Å². The van der Waals surface area contributed by atoms with Gasteiger partial charge in [-0.2, -0.15) is 0 Å². The van der Waals surface area contributed by atoms with Crippen LogP contribution in [0, 0.1) is 0 Å². The Labute approximate surface area is 175 Å². The van der Waals surface area contributed by atoms with Crippen molar-refractivity contribution in [3.05, 3.63) is 81.7 Å². The number of hydrogen-bond donors (Lipinski definition) is 0. The average Bonchev–Trinajstić information content (AvgIpc) is 3.23. The lowest BCUT2D eigenvalue weighted by molar-refractivity contribution is 0.269. The Kier molecular flexibility index (Phi) is 4.92. The van der Waals surface area contributed by atoms with Gasteiger partial charge in [0.1, 0.15) is 28.2 Å². The SMILES string of the molecule is O=c1ccc2ccc(OCCCCOc3c4ccoc4cc4oc(=O)ccc34)cc2o1. The first-order valence-corrected chi connectivity index (χ1v) is 9.91. The summed E-state index contributed by atoms with van der Waals surface area (Å²) in [5.74, 6) is 1.28. The van der Waals surface area contributed by atoms with Gasteiger partial charge in [0.15, 0.2) is 0 Å². The van der Waals surface area contributed by atoms with Gasteiger partial charge < -0.3 is 22.7 Å². The van der Waals surface area contributed by atoms with Gasteiger partial charge in [-0.15, -0.1) is 0 Å². The van der Waals surface area contributed by atoms with Crippen LogP contribution >= 0.6 is 0 Å². The largest absolute Gasteiger partial charge is 0.493 e. The normalized spacial score (nSPS) is 11.4. The summed E-state index contributed by atoms with van der Waals surface area (Å²) in [6.07, 6.45) is 3.11. The maximum atomic E-state index is 11.5. The molecule has 0 amide bonds. The number of ether oxygens (including phenoxy) is 2. The van der Waals surface area contributed by atoms with E-state index in [4.69, 9.17) is 22.7 Å². The summed E-state index contributed by atoms with van der Waals surface area (Å²) < 4.78 is 27.7. The van der Waals surface area contributed by atoms with Crippen molar-refractivity contribution in [3.63, 3.8) is 0 Å². The van der Waals surface area contributed by atoms with Gasteiger partial charge in [-0.05, 0) is 43.2 Å². The summed E-state index contributed by atoms with van der Waals surface area (Å²) >= 11 is 0. The fourth-order valence-electron chi connectivity index (χ4n) is 3.46. The zero-order chi connectivity index (χ0) is 21.2. The van der Waals surface area contributed by atoms with E-state index in [0.717, 1.165) is 29.0 Å². The maximum absolute atomic E-state index is 11.5. The molecule has 2 aromatic carbocycles. The molecule has 0 unspecified atom stereocenters. The van der Waals surface area contributed by atoms with Gasteiger partial charge in [0, 0.05) is 29.7 Å². The van der Waals surface area contributed by atoms with Crippen molar-refractivity contribution in [3.8, 4) is 11.5 Å². The first-order valence-electron chi connectivity index (χ1n) is 9.91. The van der Waals surface area contributed by atoms with Crippen molar-refractivity contribution >= 4 is 32.9 Å². The van der Waals surface area contributed by atoms with Crippen LogP contribution in [0.5, 0.6) is 11.5 Å². The fourth-order valence-corrected chi connectivity index (χ4v) is 3.46. The fraction of sp³-hybridized carbons (Fsp3) is 0.167. The molecule has 31 heavy (non-hydrogen) atoms. The molecule has 3 heterocycles. The molecule has 0 fully saturated rings. The van der Waals surface area contributed by atoms with Gasteiger partial charge >= 0.3 is 11.3 Å². The highest BCUT2D eigenvalue weighted by Gasteiger charge is 2.13. The molecule has 0 atom stereocenters. The highest BCUT2D eigenvalue weighted by Crippen LogP contribution is 2.35. The molecule has 0 N–H and O–H groups in total. The lowest BCUT2D eigenvalue weighted by Crippen LogP contribution is -2.04. The van der Waals surface area contributed by atoms with Crippen molar-refractivity contribution in [2.24, 2.45) is 0 Å². The summed E-state index contributed by atoms with van der Waals surface area (Å²) in [7, 11) is 0. The maximum Gasteiger partial charge on any atom is 0.336 e. The Morgan fingerprint density at radius 3 is 2.26 bits per heavy atom. The molecule has 0 saturated carbocycles. The van der Waals surface area contributed by atoms with Crippen LogP contribution in [0.25, 0.3) is 32.9 Å². The topological polar surface area (TPSA) is 92.0 Å². The zero-order valence-corrected chi connectivity index (χ0v) is 16.5. The zero-order valence-electron chi connectivity index (χ0n) is 16.5. The molecule has 0 aliphatic rings. The van der Waals surface area contributed by atoms with Crippen LogP contribution in [-0.4, -0.2) is 13.2 Å². The molecule has 0 saturated heterocycles. The van der Waals surface area contributed by atoms with Gasteiger partial charge in [0.2, 0.25) is 0 Å². The molecule has 5 aromatic rings. The van der Waals surface area contributed by atoms with E-state index in [2.05, 4.69) is 0 Å². The van der Waals surface area contributed by atoms with Crippen LogP contribution in [0.4, 0.5) is 0 Å². The van der Waals surface area contributed by atoms with E-state index in [1.165, 1.54) is 12.1 Å². The number of unbranched alkanes of at least 4 members (excludes halogenated alkanes) is 1. The Balaban J connectivity index is 1.21. The quantitative estimate of drug-likeness (QED) is 0.275. The van der Waals surface area contributed by atoms with Gasteiger partial charge in [0.05, 0.1) is 30.2 Å². The monoisotopic (exact) mass is 418 g/mol. The summed E-state index contributed by atoms with van der Waals surface area (Å²) in [5, 5.41) is 2.40. The second kappa shape index (κ2) is 8.02. The van der Waals surface area contributed by atoms with Crippen molar-refractivity contribution in [1.82, 2.24) is 0 Å². The third kappa shape index (κ3) is 3.90. The molecule has 0 aliphatic heterocycles. The Morgan fingerprint density at radius 2 is 1.39 bits per heavy atom.